The lowest BCUT2D eigenvalue weighted by Crippen LogP contribution is -2.47. The highest BCUT2D eigenvalue weighted by Crippen LogP contribution is 2.43. The van der Waals surface area contributed by atoms with Gasteiger partial charge in [0.15, 0.2) is 0 Å². The van der Waals surface area contributed by atoms with E-state index in [4.69, 9.17) is 13.8 Å². The van der Waals surface area contributed by atoms with E-state index in [0.29, 0.717) is 17.4 Å². The molecule has 0 heterocycles. The summed E-state index contributed by atoms with van der Waals surface area (Å²) in [4.78, 5) is 37.7. The molecule has 3 atom stereocenters. The Hall–Kier alpha value is -2.81. The molecule has 0 aromatic heterocycles. The van der Waals surface area contributed by atoms with E-state index in [9.17, 15) is 19.0 Å². The van der Waals surface area contributed by atoms with Crippen LogP contribution in [0.1, 0.15) is 278 Å². The molecule has 3 unspecified atom stereocenters. The number of nitrogens with zero attached hydrogens (tertiary/aromatic N) is 1. The van der Waals surface area contributed by atoms with Crippen molar-refractivity contribution in [3.63, 3.8) is 0 Å². The van der Waals surface area contributed by atoms with Gasteiger partial charge in [0.2, 0.25) is 5.91 Å². The van der Waals surface area contributed by atoms with Crippen molar-refractivity contribution in [2.24, 2.45) is 0 Å². The highest BCUT2D eigenvalue weighted by molar-refractivity contribution is 7.47. The second kappa shape index (κ2) is 56.5. The molecule has 0 fully saturated rings. The molecule has 0 rings (SSSR count). The summed E-state index contributed by atoms with van der Waals surface area (Å²) in [5.74, 6) is -0.530. The van der Waals surface area contributed by atoms with Crippen LogP contribution in [0.25, 0.3) is 0 Å². The third-order valence-corrected chi connectivity index (χ3v) is 14.8. The third kappa shape index (κ3) is 57.7. The van der Waals surface area contributed by atoms with Gasteiger partial charge in [-0.15, -0.1) is 0 Å². The van der Waals surface area contributed by atoms with E-state index < -0.39 is 20.0 Å². The highest BCUT2D eigenvalue weighted by Gasteiger charge is 2.30. The van der Waals surface area contributed by atoms with Crippen LogP contribution >= 0.6 is 7.82 Å². The monoisotopic (exact) mass is 1100 g/mol. The fraction of sp³-hybridized carbons (Fsp3) is 0.761. The van der Waals surface area contributed by atoms with Crippen molar-refractivity contribution in [1.82, 2.24) is 5.32 Å². The minimum absolute atomic E-state index is 0.0326. The average Bonchev–Trinajstić information content (AvgIpc) is 3.39. The summed E-state index contributed by atoms with van der Waals surface area (Å²) in [7, 11) is 1.47. The third-order valence-electron chi connectivity index (χ3n) is 13.8. The van der Waals surface area contributed by atoms with E-state index in [2.05, 4.69) is 99.0 Å². The quantitative estimate of drug-likeness (QED) is 0.0156. The number of nitrogens with one attached hydrogen (secondary N) is 1. The Bertz CT molecular complexity index is 1590. The molecule has 0 aliphatic carbocycles. The van der Waals surface area contributed by atoms with Gasteiger partial charge in [0.1, 0.15) is 19.3 Å². The van der Waals surface area contributed by atoms with E-state index in [0.717, 1.165) is 109 Å². The zero-order valence-corrected chi connectivity index (χ0v) is 51.8. The van der Waals surface area contributed by atoms with Crippen LogP contribution in [-0.2, 0) is 27.9 Å². The number of hydrogen-bond acceptors (Lipinski definition) is 6. The van der Waals surface area contributed by atoms with Gasteiger partial charge < -0.3 is 19.4 Å². The number of carbonyl (C=O) groups is 2. The molecule has 0 aliphatic heterocycles. The van der Waals surface area contributed by atoms with Gasteiger partial charge in [0.05, 0.1) is 33.8 Å². The normalized spacial score (nSPS) is 14.2. The molecule has 1 amide bonds. The Balaban J connectivity index is 5.27. The molecule has 0 saturated carbocycles. The maximum atomic E-state index is 13.6. The van der Waals surface area contributed by atoms with Crippen LogP contribution in [0.5, 0.6) is 0 Å². The molecular weight excluding hydrogens is 976 g/mol. The summed E-state index contributed by atoms with van der Waals surface area (Å²) in [5, 5.41) is 3.05. The number of phosphoric acid groups is 1. The second-order valence-corrected chi connectivity index (χ2v) is 24.1. The van der Waals surface area contributed by atoms with Gasteiger partial charge in [-0.3, -0.25) is 18.6 Å². The van der Waals surface area contributed by atoms with Crippen LogP contribution in [-0.4, -0.2) is 74.3 Å². The summed E-state index contributed by atoms with van der Waals surface area (Å²) in [6, 6.07) is -0.863. The van der Waals surface area contributed by atoms with E-state index in [1.165, 1.54) is 135 Å². The number of carbonyl (C=O) groups excluding carboxylic acids is 2. The number of amides is 1. The van der Waals surface area contributed by atoms with Crippen molar-refractivity contribution in [3.8, 4) is 0 Å². The van der Waals surface area contributed by atoms with Gasteiger partial charge in [0.25, 0.3) is 0 Å². The Morgan fingerprint density at radius 2 is 0.831 bits per heavy atom. The van der Waals surface area contributed by atoms with Crippen molar-refractivity contribution in [1.29, 1.82) is 0 Å². The number of esters is 1. The number of unbranched alkanes of at least 4 members (excludes halogenated alkanes) is 30. The van der Waals surface area contributed by atoms with Gasteiger partial charge in [-0.05, 0) is 102 Å². The number of likely N-dealkylation sites (N-methyl/N-ethyl adjacent to an activating group) is 1. The second-order valence-electron chi connectivity index (χ2n) is 22.6. The molecule has 0 aromatic rings. The predicted octanol–water partition coefficient (Wildman–Crippen LogP) is 19.8. The first-order valence-corrected chi connectivity index (χ1v) is 33.4. The topological polar surface area (TPSA) is 111 Å². The first-order chi connectivity index (χ1) is 37.4. The zero-order valence-electron chi connectivity index (χ0n) is 50.9. The Morgan fingerprint density at radius 1 is 0.468 bits per heavy atom. The minimum atomic E-state index is -4.46. The Kier molecular flexibility index (Phi) is 54.4. The molecular formula is C67H122N2O7P+. The maximum absolute atomic E-state index is 13.6. The van der Waals surface area contributed by atoms with E-state index >= 15 is 0 Å². The number of allylic oxidation sites excluding steroid dienone is 13. The number of hydrogen-bond donors (Lipinski definition) is 2. The van der Waals surface area contributed by atoms with E-state index in [-0.39, 0.29) is 31.5 Å². The maximum Gasteiger partial charge on any atom is 0.472 e. The minimum Gasteiger partial charge on any atom is -0.456 e. The molecule has 0 saturated heterocycles. The smallest absolute Gasteiger partial charge is 0.456 e. The number of rotatable bonds is 57. The molecule has 0 aromatic carbocycles. The highest BCUT2D eigenvalue weighted by atomic mass is 31.2. The molecule has 2 N–H and O–H groups in total. The lowest BCUT2D eigenvalue weighted by atomic mass is 10.0. The molecule has 77 heavy (non-hydrogen) atoms. The molecule has 9 nitrogen and oxygen atoms in total. The fourth-order valence-electron chi connectivity index (χ4n) is 8.86. The van der Waals surface area contributed by atoms with Crippen LogP contribution in [0, 0.1) is 0 Å². The van der Waals surface area contributed by atoms with Gasteiger partial charge >= 0.3 is 13.8 Å². The van der Waals surface area contributed by atoms with Crippen molar-refractivity contribution < 1.29 is 37.3 Å². The molecule has 0 aliphatic rings. The SMILES string of the molecule is CCCCC/C=C\C/C=C\C/C=C\C/C=C\CCCCCCCCCC(=O)NC(COP(=O)(O)OCC[N+](C)(C)C)C(/C=C\CCCCCCCCCCCCC)OC(=O)CCCCCCCC/C=C/C=C/CCCCC. The fourth-order valence-corrected chi connectivity index (χ4v) is 9.59. The number of phosphoric ester groups is 1. The first kappa shape index (κ1) is 74.2. The summed E-state index contributed by atoms with van der Waals surface area (Å²) >= 11 is 0. The van der Waals surface area contributed by atoms with Crippen LogP contribution in [0.2, 0.25) is 0 Å². The average molecular weight is 1100 g/mol. The van der Waals surface area contributed by atoms with Gasteiger partial charge in [0, 0.05) is 12.8 Å². The van der Waals surface area contributed by atoms with Crippen LogP contribution in [0.15, 0.2) is 85.1 Å². The van der Waals surface area contributed by atoms with Crippen LogP contribution < -0.4 is 5.32 Å². The summed E-state index contributed by atoms with van der Waals surface area (Å²) < 4.78 is 30.7. The molecule has 446 valence electrons. The van der Waals surface area contributed by atoms with Crippen molar-refractivity contribution in [2.45, 2.75) is 290 Å². The van der Waals surface area contributed by atoms with E-state index in [1.54, 1.807) is 0 Å². The van der Waals surface area contributed by atoms with Crippen LogP contribution in [0.3, 0.4) is 0 Å². The summed E-state index contributed by atoms with van der Waals surface area (Å²) in [5.41, 5.74) is 0. The molecule has 10 heteroatoms. The van der Waals surface area contributed by atoms with Crippen LogP contribution in [0.4, 0.5) is 0 Å². The van der Waals surface area contributed by atoms with Crippen molar-refractivity contribution in [2.75, 3.05) is 40.9 Å². The predicted molar refractivity (Wildman–Crippen MR) is 332 cm³/mol. The van der Waals surface area contributed by atoms with Crippen molar-refractivity contribution >= 4 is 19.7 Å². The van der Waals surface area contributed by atoms with Gasteiger partial charge in [-0.25, -0.2) is 4.57 Å². The zero-order chi connectivity index (χ0) is 56.4. The summed E-state index contributed by atoms with van der Waals surface area (Å²) in [6.07, 6.45) is 74.3. The Labute approximate surface area is 476 Å². The van der Waals surface area contributed by atoms with E-state index in [1.807, 2.05) is 33.3 Å². The number of quaternary nitrogens is 1. The lowest BCUT2D eigenvalue weighted by molar-refractivity contribution is -0.870. The largest absolute Gasteiger partial charge is 0.472 e. The lowest BCUT2D eigenvalue weighted by Gasteiger charge is -2.27. The molecule has 0 spiro atoms. The summed E-state index contributed by atoms with van der Waals surface area (Å²) in [6.45, 7) is 6.94. The number of ether oxygens (including phenoxy) is 1. The Morgan fingerprint density at radius 3 is 1.29 bits per heavy atom. The molecule has 0 bridgehead atoms. The first-order valence-electron chi connectivity index (χ1n) is 31.9. The van der Waals surface area contributed by atoms with Gasteiger partial charge in [-0.1, -0.05) is 247 Å². The van der Waals surface area contributed by atoms with Crippen molar-refractivity contribution in [3.05, 3.63) is 85.1 Å². The van der Waals surface area contributed by atoms with Gasteiger partial charge in [-0.2, -0.15) is 0 Å². The standard InChI is InChI=1S/C67H121N2O7P/c1-7-10-13-16-19-22-25-28-30-31-32-33-34-35-36-37-39-41-44-47-50-53-56-59-66(70)68-64(63-75-77(72,73)74-62-61-69(4,5)6)65(58-55-52-49-46-43-40-27-24-21-18-15-12-9-3)76-67(71)60-57-54-51-48-45-42-38-29-26-23-20-17-14-11-8-2/h19-20,22-23,26,28-30,32-33,35-36,55,58,64-65H,7-18,21,24-25,27,31,34,37-54,56-57,59-63H2,1-6H3,(H-,68,70,72,73)/p+1/b22-19-,23-20+,29-26+,30-28-,33-32-,36-35-,58-55-. The molecule has 0 radical (unpaired) electrons.